The molecule has 0 spiro atoms. The molecule has 1 amide bonds. The first-order valence-corrected chi connectivity index (χ1v) is 7.85. The number of aromatic nitrogens is 1. The quantitative estimate of drug-likeness (QED) is 0.784. The highest BCUT2D eigenvalue weighted by atomic mass is 32.1. The van der Waals surface area contributed by atoms with Crippen LogP contribution in [0, 0.1) is 0 Å². The molecule has 6 nitrogen and oxygen atoms in total. The summed E-state index contributed by atoms with van der Waals surface area (Å²) in [6, 6.07) is -3.80. The highest BCUT2D eigenvalue weighted by molar-refractivity contribution is 7.16. The largest absolute Gasteiger partial charge is 0.506 e. The van der Waals surface area contributed by atoms with Crippen molar-refractivity contribution in [1.29, 1.82) is 0 Å². The Morgan fingerprint density at radius 3 is 3.12 bits per heavy atom. The number of carbonyl (C=O) groups excluding carboxylic acids is 1. The fraction of sp³-hybridized carbons (Fsp3) is 0.579. The van der Waals surface area contributed by atoms with Crippen LogP contribution in [0.3, 0.4) is 0 Å². The molecule has 3 rings (SSSR count). The number of rotatable bonds is 6. The minimum Gasteiger partial charge on any atom is -0.506 e. The number of nitrogens with zero attached hydrogens (tertiary/aromatic N) is 2. The fourth-order valence-corrected chi connectivity index (χ4v) is 2.87. The van der Waals surface area contributed by atoms with Gasteiger partial charge in [0.15, 0.2) is 1.41 Å². The summed E-state index contributed by atoms with van der Waals surface area (Å²) in [5.74, 6) is -3.55. The molecule has 1 unspecified atom stereocenters. The van der Waals surface area contributed by atoms with Crippen molar-refractivity contribution in [2.75, 3.05) is 26.0 Å². The molecule has 1 atom stereocenters. The van der Waals surface area contributed by atoms with E-state index in [-0.39, 0.29) is 15.9 Å². The first-order valence-electron chi connectivity index (χ1n) is 17.5. The lowest BCUT2D eigenvalue weighted by molar-refractivity contribution is 0.0946. The lowest BCUT2D eigenvalue weighted by atomic mass is 10.1. The molecule has 0 aromatic carbocycles. The number of hydrogen-bond acceptors (Lipinski definition) is 5. The predicted molar refractivity (Wildman–Crippen MR) is 105 cm³/mol. The van der Waals surface area contributed by atoms with E-state index in [2.05, 4.69) is 0 Å². The number of hydrogen-bond donors (Lipinski definition) is 2. The maximum absolute atomic E-state index is 13.6. The highest BCUT2D eigenvalue weighted by Crippen LogP contribution is 2.31. The molecule has 0 bridgehead atoms. The van der Waals surface area contributed by atoms with Crippen molar-refractivity contribution in [3.63, 3.8) is 0 Å². The van der Waals surface area contributed by atoms with Gasteiger partial charge in [0.25, 0.3) is 11.5 Å². The van der Waals surface area contributed by atoms with Crippen LogP contribution in [0.15, 0.2) is 16.2 Å². The Kier molecular flexibility index (Phi) is 1.84. The van der Waals surface area contributed by atoms with Crippen LogP contribution in [-0.2, 0) is 0 Å². The molecule has 2 aromatic heterocycles. The molecule has 2 aromatic rings. The summed E-state index contributed by atoms with van der Waals surface area (Å²) in [7, 11) is 0. The van der Waals surface area contributed by atoms with Gasteiger partial charge in [-0.3, -0.25) is 14.2 Å². The average Bonchev–Trinajstić information content (AvgIpc) is 3.13. The van der Waals surface area contributed by atoms with Gasteiger partial charge in [0.2, 0.25) is 0 Å². The summed E-state index contributed by atoms with van der Waals surface area (Å²) >= 11 is 0.286. The maximum atomic E-state index is 13.6. The van der Waals surface area contributed by atoms with Crippen LogP contribution >= 0.6 is 11.3 Å². The number of fused-ring (bicyclic) bond motifs is 1. The number of amides is 1. The average molecular weight is 399 g/mol. The SMILES string of the molecule is [2H]c1sc2c(c1[2H])c(O)c(C(=O)N([2H])C([2H])([2H])CC([2H])([2H])N1C([2H])([2H])C([2H])([2H])C([2H])([2H])C([2H])([2H])C1([2H])[2H])c(=O)n2C([2H])(C)C([2H])([2H])[2H]. The number of nitrogens with one attached hydrogen (secondary N) is 1. The van der Waals surface area contributed by atoms with Gasteiger partial charge in [-0.25, -0.2) is 0 Å². The van der Waals surface area contributed by atoms with E-state index < -0.39 is 119 Å². The summed E-state index contributed by atoms with van der Waals surface area (Å²) in [6.07, 6.45) is -13.9. The van der Waals surface area contributed by atoms with Crippen molar-refractivity contribution in [2.45, 2.75) is 45.3 Å². The highest BCUT2D eigenvalue weighted by Gasteiger charge is 2.23. The predicted octanol–water partition coefficient (Wildman–Crippen LogP) is 2.96. The second-order valence-electron chi connectivity index (χ2n) is 4.80. The number of carbonyl (C=O) groups is 1. The zero-order chi connectivity index (χ0) is 37.3. The van der Waals surface area contributed by atoms with Gasteiger partial charge in [-0.15, -0.1) is 11.3 Å². The first-order chi connectivity index (χ1) is 20.5. The number of piperidine rings is 1. The van der Waals surface area contributed by atoms with Crippen LogP contribution in [0.1, 0.15) is 83.1 Å². The molecular weight excluding hydrogens is 350 g/mol. The van der Waals surface area contributed by atoms with Crippen LogP contribution in [0.25, 0.3) is 10.2 Å². The van der Waals surface area contributed by atoms with Gasteiger partial charge >= 0.3 is 0 Å². The molecule has 2 N–H and O–H groups in total. The lowest BCUT2D eigenvalue weighted by Crippen LogP contribution is -2.36. The third-order valence-electron chi connectivity index (χ3n) is 3.14. The molecule has 0 radical (unpaired) electrons. The van der Waals surface area contributed by atoms with E-state index in [1.165, 1.54) is 0 Å². The van der Waals surface area contributed by atoms with E-state index in [0.29, 0.717) is 6.92 Å². The van der Waals surface area contributed by atoms with Gasteiger partial charge in [-0.05, 0) is 63.8 Å². The van der Waals surface area contributed by atoms with Crippen molar-refractivity contribution in [3.8, 4) is 5.75 Å². The molecule has 1 aliphatic heterocycles. The van der Waals surface area contributed by atoms with Crippen molar-refractivity contribution in [3.05, 3.63) is 27.3 Å². The Hall–Kier alpha value is -1.86. The minimum absolute atomic E-state index is 0.140. The lowest BCUT2D eigenvalue weighted by Gasteiger charge is -2.26. The summed E-state index contributed by atoms with van der Waals surface area (Å²) in [4.78, 5) is 25.7. The first kappa shape index (κ1) is 5.82. The molecule has 0 saturated carbocycles. The Morgan fingerprint density at radius 2 is 2.38 bits per heavy atom. The van der Waals surface area contributed by atoms with Gasteiger partial charge in [-0.2, -0.15) is 0 Å². The Bertz CT molecular complexity index is 1650. The molecule has 7 heteroatoms. The van der Waals surface area contributed by atoms with Gasteiger partial charge in [0.1, 0.15) is 16.1 Å². The summed E-state index contributed by atoms with van der Waals surface area (Å²) in [5, 5.41) is 8.65. The van der Waals surface area contributed by atoms with Crippen molar-refractivity contribution in [1.82, 2.24) is 14.8 Å². The molecule has 1 saturated heterocycles. The van der Waals surface area contributed by atoms with Gasteiger partial charge in [-0.1, -0.05) is 6.37 Å². The molecule has 1 fully saturated rings. The number of thiophene rings is 1. The Labute approximate surface area is 187 Å². The number of likely N-dealkylation sites (tertiary alicyclic amines) is 1. The van der Waals surface area contributed by atoms with Crippen LogP contribution in [0.5, 0.6) is 5.75 Å². The topological polar surface area (TPSA) is 74.6 Å². The zero-order valence-electron chi connectivity index (χ0n) is 34.2. The second kappa shape index (κ2) is 8.22. The van der Waals surface area contributed by atoms with E-state index in [1.54, 1.807) is 0 Å². The van der Waals surface area contributed by atoms with E-state index in [1.807, 2.05) is 0 Å². The monoisotopic (exact) mass is 398 g/mol. The fourth-order valence-electron chi connectivity index (χ4n) is 2.06. The smallest absolute Gasteiger partial charge is 0.268 e. The van der Waals surface area contributed by atoms with Crippen LogP contribution in [-0.4, -0.2) is 46.5 Å². The Morgan fingerprint density at radius 1 is 1.62 bits per heavy atom. The minimum atomic E-state index is -4.07. The standard InChI is InChI=1S/C19H27N3O3S/c1-13(2)22-18(25)15(16(23)14-7-12-26-19(14)22)17(24)20-8-6-11-21-9-4-3-5-10-21/h7,12-13,23H,3-6,8-11H2,1-2H3,(H,20,24)/i1D3,3D2,4D2,5D2,7D,8D2,9D2,10D2,11D2,12D,13D/hD. The van der Waals surface area contributed by atoms with Gasteiger partial charge in [0, 0.05) is 35.8 Å². The molecule has 142 valence electrons. The van der Waals surface area contributed by atoms with Crippen molar-refractivity contribution < 1.29 is 38.7 Å². The molecule has 1 aliphatic rings. The molecule has 3 heterocycles. The van der Waals surface area contributed by atoms with E-state index >= 15 is 0 Å². The third-order valence-corrected chi connectivity index (χ3v) is 3.92. The zero-order valence-corrected chi connectivity index (χ0v) is 14.0. The van der Waals surface area contributed by atoms with E-state index in [9.17, 15) is 14.7 Å². The van der Waals surface area contributed by atoms with Gasteiger partial charge < -0.3 is 15.3 Å². The summed E-state index contributed by atoms with van der Waals surface area (Å²) in [5.41, 5.74) is -3.38. The van der Waals surface area contributed by atoms with E-state index in [0.717, 1.165) is 0 Å². The van der Waals surface area contributed by atoms with Gasteiger partial charge in [0.05, 0.1) is 9.50 Å². The van der Waals surface area contributed by atoms with Crippen molar-refractivity contribution in [2.24, 2.45) is 0 Å². The number of aromatic hydroxyl groups is 1. The molecule has 0 aliphatic carbocycles. The molecular formula is C19H27N3O3S. The summed E-state index contributed by atoms with van der Waals surface area (Å²) in [6.45, 7) is -18.4. The second-order valence-corrected chi connectivity index (χ2v) is 5.60. The maximum Gasteiger partial charge on any atom is 0.268 e. The van der Waals surface area contributed by atoms with Crippen molar-refractivity contribution >= 4 is 27.5 Å². The van der Waals surface area contributed by atoms with Crippen LogP contribution in [0.2, 0.25) is 1.41 Å². The Balaban J connectivity index is 2.23. The third kappa shape index (κ3) is 3.78. The summed E-state index contributed by atoms with van der Waals surface area (Å²) < 4.78 is 169. The molecule has 26 heavy (non-hydrogen) atoms. The van der Waals surface area contributed by atoms with E-state index in [4.69, 9.17) is 28.8 Å². The van der Waals surface area contributed by atoms with Crippen LogP contribution in [0.4, 0.5) is 0 Å². The van der Waals surface area contributed by atoms with Crippen LogP contribution < -0.4 is 10.9 Å². The normalized spacial score (nSPS) is 41.0. The number of pyridine rings is 1.